The lowest BCUT2D eigenvalue weighted by Crippen LogP contribution is -2.37. The average molecular weight is 318 g/mol. The molecule has 0 bridgehead atoms. The Balaban J connectivity index is 4.68. The molecule has 0 fully saturated rings. The molecule has 2 nitrogen and oxygen atoms in total. The van der Waals surface area contributed by atoms with E-state index in [1.54, 1.807) is 6.08 Å². The minimum Gasteiger partial charge on any atom is -0.370 e. The molecule has 0 rings (SSSR count). The van der Waals surface area contributed by atoms with Gasteiger partial charge in [0.15, 0.2) is 0 Å². The van der Waals surface area contributed by atoms with Crippen LogP contribution < -0.4 is 10.6 Å². The van der Waals surface area contributed by atoms with Crippen LogP contribution in [0.25, 0.3) is 0 Å². The quantitative estimate of drug-likeness (QED) is 0.621. The highest BCUT2D eigenvalue weighted by atomic mass is 19.4. The van der Waals surface area contributed by atoms with E-state index in [2.05, 4.69) is 44.4 Å². The number of allylic oxidation sites excluding steroid dienone is 4. The SMILES string of the molecule is C/C(=C\C=C/CC(F)(F)F)C(C)N/C(=C\C(C)C)NC(C)C. The van der Waals surface area contributed by atoms with Gasteiger partial charge in [0.25, 0.3) is 0 Å². The minimum atomic E-state index is -4.14. The maximum atomic E-state index is 12.1. The molecule has 0 spiro atoms. The van der Waals surface area contributed by atoms with E-state index in [9.17, 15) is 13.2 Å². The van der Waals surface area contributed by atoms with Gasteiger partial charge in [0.2, 0.25) is 0 Å². The van der Waals surface area contributed by atoms with E-state index in [0.29, 0.717) is 12.0 Å². The predicted octanol–water partition coefficient (Wildman–Crippen LogP) is 4.91. The molecule has 0 saturated carbocycles. The van der Waals surface area contributed by atoms with Gasteiger partial charge in [-0.3, -0.25) is 0 Å². The highest BCUT2D eigenvalue weighted by molar-refractivity contribution is 5.17. The fraction of sp³-hybridized carbons (Fsp3) is 0.647. The second-order valence-corrected chi connectivity index (χ2v) is 6.15. The third-order valence-corrected chi connectivity index (χ3v) is 2.84. The molecule has 0 aliphatic heterocycles. The Kier molecular flexibility index (Phi) is 8.99. The van der Waals surface area contributed by atoms with Crippen LogP contribution in [0.15, 0.2) is 35.7 Å². The molecular formula is C17H29F3N2. The van der Waals surface area contributed by atoms with Gasteiger partial charge in [0.05, 0.1) is 12.2 Å². The highest BCUT2D eigenvalue weighted by Crippen LogP contribution is 2.19. The number of hydrogen-bond donors (Lipinski definition) is 2. The van der Waals surface area contributed by atoms with E-state index in [-0.39, 0.29) is 6.04 Å². The Morgan fingerprint density at radius 1 is 1.05 bits per heavy atom. The van der Waals surface area contributed by atoms with Crippen LogP contribution in [0.4, 0.5) is 13.2 Å². The summed E-state index contributed by atoms with van der Waals surface area (Å²) in [5.74, 6) is 1.35. The zero-order valence-corrected chi connectivity index (χ0v) is 14.4. The number of hydrogen-bond acceptors (Lipinski definition) is 2. The number of alkyl halides is 3. The molecular weight excluding hydrogens is 289 g/mol. The Morgan fingerprint density at radius 2 is 1.64 bits per heavy atom. The van der Waals surface area contributed by atoms with Crippen molar-refractivity contribution in [1.29, 1.82) is 0 Å². The molecule has 5 heteroatoms. The van der Waals surface area contributed by atoms with Gasteiger partial charge in [-0.25, -0.2) is 0 Å². The van der Waals surface area contributed by atoms with Crippen LogP contribution in [0.2, 0.25) is 0 Å². The number of nitrogens with one attached hydrogen (secondary N) is 2. The third-order valence-electron chi connectivity index (χ3n) is 2.84. The van der Waals surface area contributed by atoms with Gasteiger partial charge in [0.1, 0.15) is 0 Å². The van der Waals surface area contributed by atoms with Crippen LogP contribution in [0.5, 0.6) is 0 Å². The minimum absolute atomic E-state index is 0.0341. The molecule has 0 heterocycles. The fourth-order valence-electron chi connectivity index (χ4n) is 1.70. The van der Waals surface area contributed by atoms with Gasteiger partial charge < -0.3 is 10.6 Å². The molecule has 0 aromatic rings. The Bertz CT molecular complexity index is 405. The molecule has 0 aromatic carbocycles. The van der Waals surface area contributed by atoms with Gasteiger partial charge >= 0.3 is 6.18 Å². The van der Waals surface area contributed by atoms with Crippen molar-refractivity contribution in [3.63, 3.8) is 0 Å². The first-order valence-electron chi connectivity index (χ1n) is 7.66. The number of halogens is 3. The van der Waals surface area contributed by atoms with Gasteiger partial charge in [0, 0.05) is 12.1 Å². The first kappa shape index (κ1) is 20.6. The molecule has 0 aromatic heterocycles. The van der Waals surface area contributed by atoms with Crippen molar-refractivity contribution < 1.29 is 13.2 Å². The standard InChI is InChI=1S/C17H29F3N2/c1-12(2)11-16(21-13(3)4)22-15(6)14(5)9-7-8-10-17(18,19)20/h7-9,11-13,15,21-22H,10H2,1-6H3/b8-7-,14-9+,16-11-. The monoisotopic (exact) mass is 318 g/mol. The third kappa shape index (κ3) is 11.3. The van der Waals surface area contributed by atoms with E-state index >= 15 is 0 Å². The maximum Gasteiger partial charge on any atom is 0.392 e. The van der Waals surface area contributed by atoms with Crippen LogP contribution >= 0.6 is 0 Å². The summed E-state index contributed by atoms with van der Waals surface area (Å²) in [6.07, 6.45) is 1.37. The summed E-state index contributed by atoms with van der Waals surface area (Å²) in [5.41, 5.74) is 0.971. The number of rotatable bonds is 8. The zero-order valence-electron chi connectivity index (χ0n) is 14.4. The second kappa shape index (κ2) is 9.59. The lowest BCUT2D eigenvalue weighted by atomic mass is 10.1. The predicted molar refractivity (Wildman–Crippen MR) is 87.4 cm³/mol. The van der Waals surface area contributed by atoms with Crippen molar-refractivity contribution in [2.24, 2.45) is 5.92 Å². The lowest BCUT2D eigenvalue weighted by Gasteiger charge is -2.22. The summed E-state index contributed by atoms with van der Waals surface area (Å²) >= 11 is 0. The topological polar surface area (TPSA) is 24.1 Å². The summed E-state index contributed by atoms with van der Waals surface area (Å²) in [6, 6.07) is 0.340. The van der Waals surface area contributed by atoms with Crippen LogP contribution in [0.3, 0.4) is 0 Å². The van der Waals surface area contributed by atoms with Crippen LogP contribution in [-0.2, 0) is 0 Å². The fourth-order valence-corrected chi connectivity index (χ4v) is 1.70. The summed E-state index contributed by atoms with van der Waals surface area (Å²) in [7, 11) is 0. The van der Waals surface area contributed by atoms with Crippen LogP contribution in [-0.4, -0.2) is 18.3 Å². The van der Waals surface area contributed by atoms with E-state index in [0.717, 1.165) is 17.5 Å². The average Bonchev–Trinajstić information content (AvgIpc) is 2.31. The smallest absolute Gasteiger partial charge is 0.370 e. The van der Waals surface area contributed by atoms with Crippen molar-refractivity contribution in [2.45, 2.75) is 66.2 Å². The van der Waals surface area contributed by atoms with Crippen molar-refractivity contribution in [1.82, 2.24) is 10.6 Å². The zero-order chi connectivity index (χ0) is 17.3. The molecule has 22 heavy (non-hydrogen) atoms. The van der Waals surface area contributed by atoms with Gasteiger partial charge in [-0.1, -0.05) is 37.6 Å². The molecule has 0 radical (unpaired) electrons. The van der Waals surface area contributed by atoms with Crippen molar-refractivity contribution >= 4 is 0 Å². The molecule has 0 aliphatic rings. The molecule has 0 saturated heterocycles. The first-order chi connectivity index (χ1) is 10.0. The Morgan fingerprint density at radius 3 is 2.09 bits per heavy atom. The summed E-state index contributed by atoms with van der Waals surface area (Å²) in [6.45, 7) is 12.2. The van der Waals surface area contributed by atoms with Gasteiger partial charge in [-0.05, 0) is 39.7 Å². The normalized spacial score (nSPS) is 15.8. The molecule has 0 amide bonds. The van der Waals surface area contributed by atoms with Gasteiger partial charge in [-0.2, -0.15) is 13.2 Å². The van der Waals surface area contributed by atoms with Crippen LogP contribution in [0.1, 0.15) is 48.0 Å². The molecule has 1 unspecified atom stereocenters. The van der Waals surface area contributed by atoms with Gasteiger partial charge in [-0.15, -0.1) is 0 Å². The maximum absolute atomic E-state index is 12.1. The van der Waals surface area contributed by atoms with Crippen molar-refractivity contribution in [2.75, 3.05) is 0 Å². The van der Waals surface area contributed by atoms with E-state index in [1.165, 1.54) is 6.08 Å². The lowest BCUT2D eigenvalue weighted by molar-refractivity contribution is -0.125. The summed E-state index contributed by atoms with van der Waals surface area (Å²) < 4.78 is 36.2. The molecule has 1 atom stereocenters. The van der Waals surface area contributed by atoms with E-state index < -0.39 is 12.6 Å². The molecule has 2 N–H and O–H groups in total. The second-order valence-electron chi connectivity index (χ2n) is 6.15. The van der Waals surface area contributed by atoms with Crippen molar-refractivity contribution in [3.8, 4) is 0 Å². The Labute approximate surface area is 132 Å². The summed E-state index contributed by atoms with van der Waals surface area (Å²) in [5, 5.41) is 6.70. The largest absolute Gasteiger partial charge is 0.392 e. The summed E-state index contributed by atoms with van der Waals surface area (Å²) in [4.78, 5) is 0. The van der Waals surface area contributed by atoms with Crippen molar-refractivity contribution in [3.05, 3.63) is 35.7 Å². The molecule has 0 aliphatic carbocycles. The van der Waals surface area contributed by atoms with E-state index in [1.807, 2.05) is 13.8 Å². The van der Waals surface area contributed by atoms with E-state index in [4.69, 9.17) is 0 Å². The first-order valence-corrected chi connectivity index (χ1v) is 7.66. The Hall–Kier alpha value is -1.39. The highest BCUT2D eigenvalue weighted by Gasteiger charge is 2.24. The molecule has 128 valence electrons. The van der Waals surface area contributed by atoms with Crippen LogP contribution in [0, 0.1) is 5.92 Å².